The topological polar surface area (TPSA) is 95.9 Å². The molecule has 2 aromatic rings. The molecule has 174 valence electrons. The molecule has 33 heavy (non-hydrogen) atoms. The van der Waals surface area contributed by atoms with E-state index in [2.05, 4.69) is 19.2 Å². The second kappa shape index (κ2) is 9.75. The minimum Gasteiger partial charge on any atom is -0.508 e. The Bertz CT molecular complexity index is 1020. The summed E-state index contributed by atoms with van der Waals surface area (Å²) in [4.78, 5) is 40.7. The number of fused-ring (bicyclic) bond motifs is 1. The lowest BCUT2D eigenvalue weighted by Crippen LogP contribution is -2.58. The van der Waals surface area contributed by atoms with Crippen LogP contribution in [0.4, 0.5) is 0 Å². The van der Waals surface area contributed by atoms with E-state index in [1.807, 2.05) is 12.1 Å². The maximum Gasteiger partial charge on any atom is 0.251 e. The molecular weight excluding hydrogens is 420 g/mol. The normalized spacial score (nSPS) is 21.1. The van der Waals surface area contributed by atoms with Crippen LogP contribution in [-0.2, 0) is 20.7 Å². The molecule has 2 fully saturated rings. The lowest BCUT2D eigenvalue weighted by atomic mass is 9.95. The van der Waals surface area contributed by atoms with Gasteiger partial charge < -0.3 is 20.1 Å². The molecule has 3 unspecified atom stereocenters. The molecule has 7 nitrogen and oxygen atoms in total. The van der Waals surface area contributed by atoms with Crippen molar-refractivity contribution in [3.05, 3.63) is 65.2 Å². The van der Waals surface area contributed by atoms with Crippen LogP contribution < -0.4 is 5.32 Å². The van der Waals surface area contributed by atoms with Gasteiger partial charge in [-0.05, 0) is 54.2 Å². The first kappa shape index (κ1) is 23.0. The summed E-state index contributed by atoms with van der Waals surface area (Å²) in [6.07, 6.45) is 1.47. The van der Waals surface area contributed by atoms with Gasteiger partial charge in [-0.25, -0.2) is 0 Å². The highest BCUT2D eigenvalue weighted by Crippen LogP contribution is 2.27. The maximum atomic E-state index is 13.6. The van der Waals surface area contributed by atoms with Gasteiger partial charge in [0.2, 0.25) is 5.91 Å². The highest BCUT2D eigenvalue weighted by Gasteiger charge is 2.45. The van der Waals surface area contributed by atoms with E-state index in [4.69, 9.17) is 4.74 Å². The SMILES string of the molecule is CC(C)c1ccc(C(=O)NC(Cc2ccc(O)cc2)C(=O)N2CCCC3OCC(=O)C32)cc1. The summed E-state index contributed by atoms with van der Waals surface area (Å²) in [7, 11) is 0. The van der Waals surface area contributed by atoms with Crippen molar-refractivity contribution in [2.45, 2.75) is 57.2 Å². The number of likely N-dealkylation sites (tertiary alicyclic amines) is 1. The van der Waals surface area contributed by atoms with Crippen LogP contribution in [-0.4, -0.2) is 58.9 Å². The van der Waals surface area contributed by atoms with Gasteiger partial charge in [0.1, 0.15) is 24.4 Å². The Morgan fingerprint density at radius 2 is 1.82 bits per heavy atom. The summed E-state index contributed by atoms with van der Waals surface area (Å²) in [5.74, 6) is -0.242. The fourth-order valence-corrected chi connectivity index (χ4v) is 4.57. The highest BCUT2D eigenvalue weighted by molar-refractivity contribution is 5.99. The third-order valence-electron chi connectivity index (χ3n) is 6.45. The van der Waals surface area contributed by atoms with Crippen LogP contribution >= 0.6 is 0 Å². The predicted molar refractivity (Wildman–Crippen MR) is 123 cm³/mol. The van der Waals surface area contributed by atoms with Crippen LogP contribution in [0.1, 0.15) is 54.1 Å². The first-order valence-electron chi connectivity index (χ1n) is 11.5. The monoisotopic (exact) mass is 450 g/mol. The van der Waals surface area contributed by atoms with Crippen LogP contribution in [0, 0.1) is 0 Å². The summed E-state index contributed by atoms with van der Waals surface area (Å²) in [5, 5.41) is 12.5. The summed E-state index contributed by atoms with van der Waals surface area (Å²) in [6.45, 7) is 4.65. The molecule has 0 saturated carbocycles. The summed E-state index contributed by atoms with van der Waals surface area (Å²) < 4.78 is 5.58. The number of phenols is 1. The van der Waals surface area contributed by atoms with Gasteiger partial charge >= 0.3 is 0 Å². The number of ether oxygens (including phenoxy) is 1. The molecule has 0 bridgehead atoms. The zero-order chi connectivity index (χ0) is 23.5. The molecule has 7 heteroatoms. The van der Waals surface area contributed by atoms with Crippen molar-refractivity contribution in [2.24, 2.45) is 0 Å². The van der Waals surface area contributed by atoms with Gasteiger partial charge in [0.05, 0.1) is 6.10 Å². The fourth-order valence-electron chi connectivity index (χ4n) is 4.57. The molecule has 0 spiro atoms. The minimum absolute atomic E-state index is 0.0241. The molecule has 2 amide bonds. The summed E-state index contributed by atoms with van der Waals surface area (Å²) in [6, 6.07) is 12.5. The number of benzene rings is 2. The number of Topliss-reactive ketones (excluding diaryl/α,β-unsaturated/α-hetero) is 1. The number of ketones is 1. The first-order valence-corrected chi connectivity index (χ1v) is 11.5. The van der Waals surface area contributed by atoms with Gasteiger partial charge in [-0.1, -0.05) is 38.1 Å². The molecule has 2 aliphatic rings. The Morgan fingerprint density at radius 1 is 1.12 bits per heavy atom. The Morgan fingerprint density at radius 3 is 2.48 bits per heavy atom. The van der Waals surface area contributed by atoms with Crippen molar-refractivity contribution < 1.29 is 24.2 Å². The molecule has 2 heterocycles. The van der Waals surface area contributed by atoms with Crippen molar-refractivity contribution in [3.8, 4) is 5.75 Å². The standard InChI is InChI=1S/C26H30N2O5/c1-16(2)18-7-9-19(10-8-18)25(31)27-21(14-17-5-11-20(29)12-6-17)26(32)28-13-3-4-23-24(28)22(30)15-33-23/h5-12,16,21,23-24,29H,3-4,13-15H2,1-2H3,(H,27,31). The Balaban J connectivity index is 1.57. The number of hydrogen-bond donors (Lipinski definition) is 2. The van der Waals surface area contributed by atoms with Gasteiger partial charge in [-0.15, -0.1) is 0 Å². The van der Waals surface area contributed by atoms with E-state index in [9.17, 15) is 19.5 Å². The molecule has 0 aliphatic carbocycles. The minimum atomic E-state index is -0.848. The fraction of sp³-hybridized carbons (Fsp3) is 0.423. The number of hydrogen-bond acceptors (Lipinski definition) is 5. The number of nitrogens with one attached hydrogen (secondary N) is 1. The summed E-state index contributed by atoms with van der Waals surface area (Å²) >= 11 is 0. The number of rotatable bonds is 6. The van der Waals surface area contributed by atoms with Crippen LogP contribution in [0.5, 0.6) is 5.75 Å². The number of nitrogens with zero attached hydrogens (tertiary/aromatic N) is 1. The van der Waals surface area contributed by atoms with Gasteiger partial charge in [0.15, 0.2) is 5.78 Å². The smallest absolute Gasteiger partial charge is 0.251 e. The molecular formula is C26H30N2O5. The Labute approximate surface area is 193 Å². The van der Waals surface area contributed by atoms with E-state index >= 15 is 0 Å². The van der Waals surface area contributed by atoms with Gasteiger partial charge in [-0.3, -0.25) is 14.4 Å². The molecule has 3 atom stereocenters. The summed E-state index contributed by atoms with van der Waals surface area (Å²) in [5.41, 5.74) is 2.39. The molecule has 2 saturated heterocycles. The second-order valence-electron chi connectivity index (χ2n) is 9.11. The van der Waals surface area contributed by atoms with E-state index < -0.39 is 12.1 Å². The van der Waals surface area contributed by atoms with Crippen molar-refractivity contribution in [1.29, 1.82) is 0 Å². The van der Waals surface area contributed by atoms with Gasteiger partial charge in [0, 0.05) is 18.5 Å². The van der Waals surface area contributed by atoms with Crippen LogP contribution in [0.15, 0.2) is 48.5 Å². The molecule has 0 radical (unpaired) electrons. The molecule has 0 aromatic heterocycles. The van der Waals surface area contributed by atoms with E-state index in [1.165, 1.54) is 0 Å². The Hall–Kier alpha value is -3.19. The number of piperidine rings is 1. The number of aromatic hydroxyl groups is 1. The molecule has 4 rings (SSSR count). The van der Waals surface area contributed by atoms with Crippen LogP contribution in [0.2, 0.25) is 0 Å². The highest BCUT2D eigenvalue weighted by atomic mass is 16.5. The quantitative estimate of drug-likeness (QED) is 0.706. The second-order valence-corrected chi connectivity index (χ2v) is 9.11. The zero-order valence-electron chi connectivity index (χ0n) is 19.0. The van der Waals surface area contributed by atoms with Gasteiger partial charge in [0.25, 0.3) is 5.91 Å². The number of phenolic OH excluding ortho intramolecular Hbond substituents is 1. The zero-order valence-corrected chi connectivity index (χ0v) is 19.0. The lowest BCUT2D eigenvalue weighted by Gasteiger charge is -2.37. The van der Waals surface area contributed by atoms with Crippen molar-refractivity contribution in [2.75, 3.05) is 13.2 Å². The maximum absolute atomic E-state index is 13.6. The average Bonchev–Trinajstić information content (AvgIpc) is 3.20. The van der Waals surface area contributed by atoms with Crippen molar-refractivity contribution in [1.82, 2.24) is 10.2 Å². The average molecular weight is 451 g/mol. The largest absolute Gasteiger partial charge is 0.508 e. The van der Waals surface area contributed by atoms with Crippen molar-refractivity contribution in [3.63, 3.8) is 0 Å². The number of carbonyl (C=O) groups excluding carboxylic acids is 3. The van der Waals surface area contributed by atoms with E-state index in [0.29, 0.717) is 18.0 Å². The van der Waals surface area contributed by atoms with E-state index in [1.54, 1.807) is 41.3 Å². The molecule has 2 N–H and O–H groups in total. The van der Waals surface area contributed by atoms with Crippen LogP contribution in [0.3, 0.4) is 0 Å². The lowest BCUT2D eigenvalue weighted by molar-refractivity contribution is -0.142. The van der Waals surface area contributed by atoms with E-state index in [-0.39, 0.29) is 42.5 Å². The van der Waals surface area contributed by atoms with Gasteiger partial charge in [-0.2, -0.15) is 0 Å². The van der Waals surface area contributed by atoms with Crippen LogP contribution in [0.25, 0.3) is 0 Å². The Kier molecular flexibility index (Phi) is 6.79. The predicted octanol–water partition coefficient (Wildman–Crippen LogP) is 2.82. The third kappa shape index (κ3) is 5.09. The molecule has 2 aromatic carbocycles. The van der Waals surface area contributed by atoms with Crippen molar-refractivity contribution >= 4 is 17.6 Å². The number of carbonyl (C=O) groups is 3. The van der Waals surface area contributed by atoms with E-state index in [0.717, 1.165) is 24.0 Å². The third-order valence-corrected chi connectivity index (χ3v) is 6.45. The molecule has 2 aliphatic heterocycles. The number of amides is 2. The first-order chi connectivity index (χ1) is 15.8.